The fourth-order valence-corrected chi connectivity index (χ4v) is 2.38. The average molecular weight is 367 g/mol. The molecule has 0 atom stereocenters. The first kappa shape index (κ1) is 19.3. The summed E-state index contributed by atoms with van der Waals surface area (Å²) in [5.41, 5.74) is 1.93. The minimum absolute atomic E-state index is 0.128. The van der Waals surface area contributed by atoms with E-state index in [4.69, 9.17) is 12.2 Å². The smallest absolute Gasteiger partial charge is 0.253 e. The topological polar surface area (TPSA) is 70.2 Å². The lowest BCUT2D eigenvalue weighted by Gasteiger charge is -2.12. The third kappa shape index (κ3) is 6.14. The van der Waals surface area contributed by atoms with Gasteiger partial charge in [0, 0.05) is 12.6 Å². The molecule has 0 aliphatic carbocycles. The van der Waals surface area contributed by atoms with E-state index in [2.05, 4.69) is 16.0 Å². The van der Waals surface area contributed by atoms with E-state index in [0.717, 1.165) is 12.0 Å². The molecule has 5 nitrogen and oxygen atoms in total. The van der Waals surface area contributed by atoms with E-state index < -0.39 is 0 Å². The largest absolute Gasteiger partial charge is 0.352 e. The number of amides is 2. The maximum Gasteiger partial charge on any atom is 0.253 e. The van der Waals surface area contributed by atoms with Crippen molar-refractivity contribution in [3.8, 4) is 0 Å². The number of anilines is 1. The van der Waals surface area contributed by atoms with Crippen molar-refractivity contribution >= 4 is 40.9 Å². The van der Waals surface area contributed by atoms with Crippen molar-refractivity contribution in [3.63, 3.8) is 0 Å². The molecule has 6 heteroatoms. The Bertz CT molecular complexity index is 804. The number of nitrogens with one attached hydrogen (secondary N) is 3. The molecule has 134 valence electrons. The number of para-hydroxylation sites is 1. The Hall–Kier alpha value is -2.99. The summed E-state index contributed by atoms with van der Waals surface area (Å²) in [6.45, 7) is 2.58. The Balaban J connectivity index is 1.96. The van der Waals surface area contributed by atoms with Crippen LogP contribution < -0.4 is 16.0 Å². The van der Waals surface area contributed by atoms with E-state index in [0.29, 0.717) is 17.8 Å². The molecule has 0 spiro atoms. The summed E-state index contributed by atoms with van der Waals surface area (Å²) in [6, 6.07) is 16.5. The van der Waals surface area contributed by atoms with E-state index in [9.17, 15) is 9.59 Å². The normalized spacial score (nSPS) is 10.3. The number of rotatable bonds is 6. The molecule has 0 aliphatic heterocycles. The average Bonchev–Trinajstić information content (AvgIpc) is 2.65. The van der Waals surface area contributed by atoms with E-state index in [1.807, 2.05) is 37.3 Å². The zero-order chi connectivity index (χ0) is 18.8. The van der Waals surface area contributed by atoms with Gasteiger partial charge in [-0.25, -0.2) is 0 Å². The maximum atomic E-state index is 12.2. The van der Waals surface area contributed by atoms with Gasteiger partial charge in [-0.15, -0.1) is 0 Å². The van der Waals surface area contributed by atoms with Gasteiger partial charge in [0.25, 0.3) is 5.91 Å². The van der Waals surface area contributed by atoms with E-state index in [1.54, 1.807) is 30.3 Å². The van der Waals surface area contributed by atoms with Crippen molar-refractivity contribution in [1.82, 2.24) is 10.6 Å². The molecule has 26 heavy (non-hydrogen) atoms. The quantitative estimate of drug-likeness (QED) is 0.541. The van der Waals surface area contributed by atoms with Crippen molar-refractivity contribution in [2.45, 2.75) is 13.3 Å². The number of hydrogen-bond donors (Lipinski definition) is 3. The summed E-state index contributed by atoms with van der Waals surface area (Å²) < 4.78 is 0. The first-order valence-electron chi connectivity index (χ1n) is 8.32. The summed E-state index contributed by atoms with van der Waals surface area (Å²) in [6.07, 6.45) is 3.96. The lowest BCUT2D eigenvalue weighted by Crippen LogP contribution is -2.34. The van der Waals surface area contributed by atoms with Gasteiger partial charge in [0.2, 0.25) is 5.91 Å². The van der Waals surface area contributed by atoms with E-state index in [-0.39, 0.29) is 16.9 Å². The molecule has 0 saturated heterocycles. The molecular formula is C20H21N3O2S. The van der Waals surface area contributed by atoms with Crippen LogP contribution in [0.2, 0.25) is 0 Å². The Morgan fingerprint density at radius 2 is 1.73 bits per heavy atom. The minimum atomic E-state index is -0.348. The highest BCUT2D eigenvalue weighted by Crippen LogP contribution is 2.14. The van der Waals surface area contributed by atoms with Crippen molar-refractivity contribution in [3.05, 3.63) is 71.8 Å². The SMILES string of the molecule is CCCNC(=O)c1ccccc1NC(=S)NC(=O)C=Cc1ccccc1. The molecule has 0 radical (unpaired) electrons. The van der Waals surface area contributed by atoms with Gasteiger partial charge in [0.1, 0.15) is 0 Å². The highest BCUT2D eigenvalue weighted by Gasteiger charge is 2.11. The van der Waals surface area contributed by atoms with Crippen molar-refractivity contribution in [2.24, 2.45) is 0 Å². The summed E-state index contributed by atoms with van der Waals surface area (Å²) in [5.74, 6) is -0.535. The molecule has 0 heterocycles. The summed E-state index contributed by atoms with van der Waals surface area (Å²) in [5, 5.41) is 8.42. The van der Waals surface area contributed by atoms with Gasteiger partial charge in [-0.05, 0) is 42.4 Å². The highest BCUT2D eigenvalue weighted by molar-refractivity contribution is 7.80. The van der Waals surface area contributed by atoms with Crippen molar-refractivity contribution < 1.29 is 9.59 Å². The number of hydrogen-bond acceptors (Lipinski definition) is 3. The predicted molar refractivity (Wildman–Crippen MR) is 109 cm³/mol. The van der Waals surface area contributed by atoms with Gasteiger partial charge in [-0.3, -0.25) is 14.9 Å². The van der Waals surface area contributed by atoms with Crippen LogP contribution in [0.4, 0.5) is 5.69 Å². The lowest BCUT2D eigenvalue weighted by atomic mass is 10.1. The van der Waals surface area contributed by atoms with Crippen LogP contribution in [-0.2, 0) is 4.79 Å². The second kappa shape index (κ2) is 10.1. The zero-order valence-electron chi connectivity index (χ0n) is 14.5. The Kier molecular flexibility index (Phi) is 7.51. The Labute approximate surface area is 158 Å². The van der Waals surface area contributed by atoms with Gasteiger partial charge in [-0.1, -0.05) is 49.4 Å². The highest BCUT2D eigenvalue weighted by atomic mass is 32.1. The first-order valence-corrected chi connectivity index (χ1v) is 8.73. The summed E-state index contributed by atoms with van der Waals surface area (Å²) >= 11 is 5.17. The second-order valence-electron chi connectivity index (χ2n) is 5.49. The van der Waals surface area contributed by atoms with Crippen LogP contribution in [0.15, 0.2) is 60.7 Å². The number of benzene rings is 2. The molecule has 2 rings (SSSR count). The Morgan fingerprint density at radius 1 is 1.04 bits per heavy atom. The molecule has 0 bridgehead atoms. The van der Waals surface area contributed by atoms with Gasteiger partial charge in [0.15, 0.2) is 5.11 Å². The molecule has 3 N–H and O–H groups in total. The van der Waals surface area contributed by atoms with Gasteiger partial charge in [0.05, 0.1) is 11.3 Å². The summed E-state index contributed by atoms with van der Waals surface area (Å²) in [4.78, 5) is 24.2. The Morgan fingerprint density at radius 3 is 2.46 bits per heavy atom. The van der Waals surface area contributed by atoms with E-state index in [1.165, 1.54) is 6.08 Å². The lowest BCUT2D eigenvalue weighted by molar-refractivity contribution is -0.115. The molecule has 2 aromatic rings. The van der Waals surface area contributed by atoms with Crippen LogP contribution >= 0.6 is 12.2 Å². The monoisotopic (exact) mass is 367 g/mol. The maximum absolute atomic E-state index is 12.2. The van der Waals surface area contributed by atoms with Gasteiger partial charge in [-0.2, -0.15) is 0 Å². The molecule has 0 unspecified atom stereocenters. The predicted octanol–water partition coefficient (Wildman–Crippen LogP) is 3.35. The fourth-order valence-electron chi connectivity index (χ4n) is 2.17. The van der Waals surface area contributed by atoms with Crippen LogP contribution in [0.25, 0.3) is 6.08 Å². The molecule has 0 fully saturated rings. The minimum Gasteiger partial charge on any atom is -0.352 e. The molecule has 0 aromatic heterocycles. The number of carbonyl (C=O) groups is 2. The first-order chi connectivity index (χ1) is 12.6. The van der Waals surface area contributed by atoms with Gasteiger partial charge >= 0.3 is 0 Å². The molecular weight excluding hydrogens is 346 g/mol. The van der Waals surface area contributed by atoms with E-state index >= 15 is 0 Å². The molecule has 2 aromatic carbocycles. The van der Waals surface area contributed by atoms with Crippen LogP contribution in [0.3, 0.4) is 0 Å². The van der Waals surface area contributed by atoms with Crippen molar-refractivity contribution in [2.75, 3.05) is 11.9 Å². The van der Waals surface area contributed by atoms with Crippen LogP contribution in [-0.4, -0.2) is 23.5 Å². The fraction of sp³-hybridized carbons (Fsp3) is 0.150. The number of carbonyl (C=O) groups excluding carboxylic acids is 2. The second-order valence-corrected chi connectivity index (χ2v) is 5.90. The molecule has 0 aliphatic rings. The number of thiocarbonyl (C=S) groups is 1. The molecule has 2 amide bonds. The van der Waals surface area contributed by atoms with Gasteiger partial charge < -0.3 is 10.6 Å². The summed E-state index contributed by atoms with van der Waals surface area (Å²) in [7, 11) is 0. The zero-order valence-corrected chi connectivity index (χ0v) is 15.3. The third-order valence-electron chi connectivity index (χ3n) is 3.42. The third-order valence-corrected chi connectivity index (χ3v) is 3.62. The van der Waals surface area contributed by atoms with Crippen LogP contribution in [0.5, 0.6) is 0 Å². The van der Waals surface area contributed by atoms with Crippen molar-refractivity contribution in [1.29, 1.82) is 0 Å². The van der Waals surface area contributed by atoms with Crippen LogP contribution in [0.1, 0.15) is 29.3 Å². The standard InChI is InChI=1S/C20H21N3O2S/c1-2-14-21-19(25)16-10-6-7-11-17(16)22-20(26)23-18(24)13-12-15-8-4-3-5-9-15/h3-13H,2,14H2,1H3,(H,21,25)(H2,22,23,24,26). The molecule has 0 saturated carbocycles. The van der Waals surface area contributed by atoms with Crippen LogP contribution in [0, 0.1) is 0 Å².